The van der Waals surface area contributed by atoms with Crippen LogP contribution in [0.4, 0.5) is 17.3 Å². The van der Waals surface area contributed by atoms with Crippen LogP contribution in [0.25, 0.3) is 5.65 Å². The van der Waals surface area contributed by atoms with Crippen molar-refractivity contribution in [2.45, 2.75) is 23.0 Å². The number of likely N-dealkylation sites (N-methyl/N-ethyl adjacent to an activating group) is 1. The maximum atomic E-state index is 11.7. The lowest BCUT2D eigenvalue weighted by Crippen LogP contribution is -2.26. The van der Waals surface area contributed by atoms with Gasteiger partial charge in [0.25, 0.3) is 0 Å². The van der Waals surface area contributed by atoms with Crippen molar-refractivity contribution in [1.29, 1.82) is 0 Å². The summed E-state index contributed by atoms with van der Waals surface area (Å²) in [7, 11) is 3.79. The Morgan fingerprint density at radius 3 is 2.91 bits per heavy atom. The molecule has 0 fully saturated rings. The summed E-state index contributed by atoms with van der Waals surface area (Å²) in [5.41, 5.74) is 4.73. The minimum atomic E-state index is -0.263. The molecule has 0 saturated heterocycles. The maximum absolute atomic E-state index is 11.7. The van der Waals surface area contributed by atoms with Crippen LogP contribution in [0, 0.1) is 0 Å². The molecule has 3 heterocycles. The van der Waals surface area contributed by atoms with E-state index in [1.807, 2.05) is 30.3 Å². The number of nitrogens with zero attached hydrogens (tertiary/aromatic N) is 5. The predicted octanol–water partition coefficient (Wildman–Crippen LogP) is 4.14. The first-order chi connectivity index (χ1) is 17.0. The number of nitrogens with one attached hydrogen (secondary N) is 2. The third-order valence-corrected chi connectivity index (χ3v) is 6.63. The Labute approximate surface area is 207 Å². The minimum Gasteiger partial charge on any atom is -0.495 e. The van der Waals surface area contributed by atoms with E-state index in [4.69, 9.17) is 9.72 Å². The van der Waals surface area contributed by atoms with E-state index in [1.54, 1.807) is 17.8 Å². The summed E-state index contributed by atoms with van der Waals surface area (Å²) < 4.78 is 7.36. The first-order valence-electron chi connectivity index (χ1n) is 11.1. The van der Waals surface area contributed by atoms with E-state index in [0.717, 1.165) is 35.8 Å². The topological polar surface area (TPSA) is 96.7 Å². The molecular weight excluding hydrogens is 462 g/mol. The molecule has 1 amide bonds. The highest BCUT2D eigenvalue weighted by molar-refractivity contribution is 7.99. The molecule has 0 aliphatic carbocycles. The van der Waals surface area contributed by atoms with Crippen LogP contribution < -0.4 is 15.4 Å². The van der Waals surface area contributed by atoms with E-state index < -0.39 is 0 Å². The molecule has 0 spiro atoms. The number of hydrogen-bond donors (Lipinski definition) is 2. The molecule has 0 atom stereocenters. The number of fused-ring (bicyclic) bond motifs is 2. The van der Waals surface area contributed by atoms with Crippen LogP contribution in [0.2, 0.25) is 0 Å². The van der Waals surface area contributed by atoms with Crippen LogP contribution in [-0.2, 0) is 17.8 Å². The van der Waals surface area contributed by atoms with Crippen molar-refractivity contribution in [3.8, 4) is 5.75 Å². The van der Waals surface area contributed by atoms with Gasteiger partial charge in [-0.1, -0.05) is 12.6 Å². The van der Waals surface area contributed by atoms with Gasteiger partial charge in [-0.15, -0.1) is 0 Å². The molecule has 0 unspecified atom stereocenters. The van der Waals surface area contributed by atoms with Crippen molar-refractivity contribution in [2.24, 2.45) is 0 Å². The van der Waals surface area contributed by atoms with Crippen molar-refractivity contribution < 1.29 is 9.53 Å². The van der Waals surface area contributed by atoms with Gasteiger partial charge in [-0.2, -0.15) is 19.6 Å². The van der Waals surface area contributed by atoms with Crippen molar-refractivity contribution in [3.05, 3.63) is 72.4 Å². The number of anilines is 3. The van der Waals surface area contributed by atoms with Gasteiger partial charge in [0.1, 0.15) is 5.75 Å². The fourth-order valence-electron chi connectivity index (χ4n) is 3.97. The Kier molecular flexibility index (Phi) is 6.39. The van der Waals surface area contributed by atoms with Crippen molar-refractivity contribution in [2.75, 3.05) is 31.3 Å². The zero-order valence-corrected chi connectivity index (χ0v) is 20.3. The van der Waals surface area contributed by atoms with E-state index in [9.17, 15) is 4.79 Å². The highest BCUT2D eigenvalue weighted by Crippen LogP contribution is 2.34. The number of methoxy groups -OCH3 is 1. The number of ether oxygens (including phenoxy) is 1. The molecule has 10 heteroatoms. The molecule has 0 bridgehead atoms. The highest BCUT2D eigenvalue weighted by Gasteiger charge is 2.18. The molecule has 1 aliphatic rings. The molecule has 2 aromatic heterocycles. The van der Waals surface area contributed by atoms with Gasteiger partial charge in [-0.3, -0.25) is 4.79 Å². The van der Waals surface area contributed by atoms with Crippen molar-refractivity contribution >= 4 is 40.6 Å². The van der Waals surface area contributed by atoms with Gasteiger partial charge >= 0.3 is 0 Å². The second-order valence-corrected chi connectivity index (χ2v) is 9.23. The molecule has 2 N–H and O–H groups in total. The Bertz CT molecular complexity index is 1420. The zero-order chi connectivity index (χ0) is 24.4. The summed E-state index contributed by atoms with van der Waals surface area (Å²) in [6.45, 7) is 5.41. The Morgan fingerprint density at radius 1 is 1.20 bits per heavy atom. The van der Waals surface area contributed by atoms with Crippen molar-refractivity contribution in [1.82, 2.24) is 24.5 Å². The highest BCUT2D eigenvalue weighted by atomic mass is 32.2. The molecular formula is C25H25N7O2S. The normalized spacial score (nSPS) is 13.3. The van der Waals surface area contributed by atoms with Crippen LogP contribution in [0.15, 0.2) is 71.4 Å². The molecule has 2 aromatic carbocycles. The van der Waals surface area contributed by atoms with Crippen LogP contribution >= 0.6 is 11.8 Å². The number of rotatable bonds is 7. The number of carbonyl (C=O) groups is 1. The van der Waals surface area contributed by atoms with Crippen molar-refractivity contribution in [3.63, 3.8) is 0 Å². The van der Waals surface area contributed by atoms with E-state index >= 15 is 0 Å². The Hall–Kier alpha value is -3.89. The number of aromatic nitrogens is 4. The van der Waals surface area contributed by atoms with E-state index in [-0.39, 0.29) is 5.91 Å². The van der Waals surface area contributed by atoms with E-state index in [0.29, 0.717) is 22.4 Å². The summed E-state index contributed by atoms with van der Waals surface area (Å²) in [5.74, 6) is 0.930. The quantitative estimate of drug-likeness (QED) is 0.376. The predicted molar refractivity (Wildman–Crippen MR) is 136 cm³/mol. The summed E-state index contributed by atoms with van der Waals surface area (Å²) in [4.78, 5) is 24.2. The molecule has 4 aromatic rings. The summed E-state index contributed by atoms with van der Waals surface area (Å²) in [6.07, 6.45) is 3.91. The lowest BCUT2D eigenvalue weighted by Gasteiger charge is -2.26. The number of carbonyl (C=O) groups excluding carboxylic acids is 1. The fraction of sp³-hybridized carbons (Fsp3) is 0.200. The van der Waals surface area contributed by atoms with Crippen LogP contribution in [0.5, 0.6) is 5.75 Å². The molecule has 9 nitrogen and oxygen atoms in total. The van der Waals surface area contributed by atoms with Gasteiger partial charge in [-0.25, -0.2) is 0 Å². The average molecular weight is 488 g/mol. The van der Waals surface area contributed by atoms with Gasteiger partial charge in [-0.05, 0) is 72.8 Å². The second-order valence-electron chi connectivity index (χ2n) is 8.19. The van der Waals surface area contributed by atoms with Gasteiger partial charge in [0.05, 0.1) is 19.0 Å². The Morgan fingerprint density at radius 2 is 2.09 bits per heavy atom. The van der Waals surface area contributed by atoms with Gasteiger partial charge in [0.15, 0.2) is 10.8 Å². The zero-order valence-electron chi connectivity index (χ0n) is 19.5. The van der Waals surface area contributed by atoms with Crippen LogP contribution in [0.1, 0.15) is 11.1 Å². The first-order valence-corrected chi connectivity index (χ1v) is 11.9. The molecule has 35 heavy (non-hydrogen) atoms. The third-order valence-electron chi connectivity index (χ3n) is 5.69. The third kappa shape index (κ3) is 4.98. The van der Waals surface area contributed by atoms with Gasteiger partial charge in [0, 0.05) is 29.7 Å². The molecule has 5 rings (SSSR count). The Balaban J connectivity index is 1.46. The van der Waals surface area contributed by atoms with Gasteiger partial charge in [0.2, 0.25) is 11.9 Å². The standard InChI is InChI=1S/C25H25N7O2S/c1-4-23(33)27-18-6-5-7-19(14-18)35-25-30-24(29-22-8-10-26-32(22)25)28-20-12-16-9-11-31(2)15-17(16)13-21(20)34-3/h4-8,10,12-14H,1,9,11,15H2,2-3H3,(H,27,33)(H,28,29). The number of amides is 1. The van der Waals surface area contributed by atoms with E-state index in [1.165, 1.54) is 29.0 Å². The molecule has 178 valence electrons. The molecule has 0 saturated carbocycles. The van der Waals surface area contributed by atoms with Gasteiger partial charge < -0.3 is 20.3 Å². The average Bonchev–Trinajstić information content (AvgIpc) is 3.33. The summed E-state index contributed by atoms with van der Waals surface area (Å²) in [5, 5.41) is 11.1. The minimum absolute atomic E-state index is 0.263. The monoisotopic (exact) mass is 487 g/mol. The van der Waals surface area contributed by atoms with E-state index in [2.05, 4.69) is 51.4 Å². The lowest BCUT2D eigenvalue weighted by atomic mass is 9.99. The smallest absolute Gasteiger partial charge is 0.247 e. The second kappa shape index (κ2) is 9.77. The molecule has 1 aliphatic heterocycles. The maximum Gasteiger partial charge on any atom is 0.247 e. The number of hydrogen-bond acceptors (Lipinski definition) is 8. The fourth-order valence-corrected chi connectivity index (χ4v) is 4.88. The lowest BCUT2D eigenvalue weighted by molar-refractivity contribution is -0.111. The molecule has 0 radical (unpaired) electrons. The SMILES string of the molecule is C=CC(=O)Nc1cccc(Sc2nc(Nc3cc4c(cc3OC)CN(C)CC4)nc3ccnn23)c1. The first kappa shape index (κ1) is 22.9. The van der Waals surface area contributed by atoms with Crippen LogP contribution in [0.3, 0.4) is 0 Å². The summed E-state index contributed by atoms with van der Waals surface area (Å²) in [6, 6.07) is 13.6. The largest absolute Gasteiger partial charge is 0.495 e. The van der Waals surface area contributed by atoms with Crippen LogP contribution in [-0.4, -0.2) is 51.1 Å². The summed E-state index contributed by atoms with van der Waals surface area (Å²) >= 11 is 1.42. The number of benzene rings is 2.